The molecule has 2 unspecified atom stereocenters. The van der Waals surface area contributed by atoms with Gasteiger partial charge >= 0.3 is 19.8 Å². The van der Waals surface area contributed by atoms with Gasteiger partial charge in [-0.1, -0.05) is 0 Å². The van der Waals surface area contributed by atoms with Gasteiger partial charge in [-0.15, -0.1) is 0 Å². The van der Waals surface area contributed by atoms with Crippen LogP contribution >= 0.6 is 0 Å². The number of ether oxygens (including phenoxy) is 6. The van der Waals surface area contributed by atoms with E-state index in [1.807, 2.05) is 0 Å². The van der Waals surface area contributed by atoms with Crippen molar-refractivity contribution in [2.45, 2.75) is 12.2 Å². The van der Waals surface area contributed by atoms with Crippen LogP contribution in [0.2, 0.25) is 0 Å². The first-order valence-corrected chi connectivity index (χ1v) is 7.04. The molecular weight excluding hydrogens is 372 g/mol. The molecule has 2 aliphatic rings. The van der Waals surface area contributed by atoms with Gasteiger partial charge in [-0.05, 0) is 0 Å². The maximum absolute atomic E-state index is 8.25. The van der Waals surface area contributed by atoms with Crippen LogP contribution in [0.5, 0.6) is 0 Å². The van der Waals surface area contributed by atoms with Gasteiger partial charge in [0.2, 0.25) is 0 Å². The van der Waals surface area contributed by atoms with Gasteiger partial charge in [-0.2, -0.15) is 0 Å². The minimum absolute atomic E-state index is 0. The predicted octanol–water partition coefficient (Wildman–Crippen LogP) is -1.57. The number of hydrogen-bond acceptors (Lipinski definition) is 9. The molecule has 2 fully saturated rings. The summed E-state index contributed by atoms with van der Waals surface area (Å²) in [5.41, 5.74) is 0. The molecule has 0 radical (unpaired) electrons. The van der Waals surface area contributed by atoms with Crippen molar-refractivity contribution in [3.63, 3.8) is 0 Å². The first-order valence-electron chi connectivity index (χ1n) is 7.04. The van der Waals surface area contributed by atoms with E-state index in [9.17, 15) is 0 Å². The molecule has 0 saturated carbocycles. The molecule has 2 heterocycles. The van der Waals surface area contributed by atoms with Gasteiger partial charge in [0, 0.05) is 0 Å². The molecule has 2 saturated heterocycles. The van der Waals surface area contributed by atoms with Crippen LogP contribution in [-0.2, 0) is 28.4 Å². The van der Waals surface area contributed by atoms with Crippen LogP contribution in [0.15, 0.2) is 0 Å². The topological polar surface area (TPSA) is 128 Å². The fourth-order valence-electron chi connectivity index (χ4n) is 1.32. The molecule has 0 bridgehead atoms. The summed E-state index contributed by atoms with van der Waals surface area (Å²) in [4.78, 5) is 8.25. The van der Waals surface area contributed by atoms with E-state index in [4.69, 9.17) is 43.7 Å². The molecule has 23 heavy (non-hydrogen) atoms. The third-order valence-corrected chi connectivity index (χ3v) is 2.53. The molecule has 0 aliphatic carbocycles. The quantitative estimate of drug-likeness (QED) is 0.119. The molecule has 11 heteroatoms. The third-order valence-electron chi connectivity index (χ3n) is 2.53. The Bertz CT molecular complexity index is 264. The number of rotatable bonds is 13. The van der Waals surface area contributed by atoms with Crippen molar-refractivity contribution in [2.24, 2.45) is 0 Å². The summed E-state index contributed by atoms with van der Waals surface area (Å²) in [6.07, 6.45) is 0.656. The average molecular weight is 397 g/mol. The van der Waals surface area contributed by atoms with Gasteiger partial charge in [0.25, 0.3) is 0 Å². The van der Waals surface area contributed by atoms with Crippen molar-refractivity contribution in [3.05, 3.63) is 15.3 Å². The molecule has 2 atom stereocenters. The Hall–Kier alpha value is -0.404. The van der Waals surface area contributed by atoms with E-state index < -0.39 is 5.09 Å². The van der Waals surface area contributed by atoms with E-state index in [2.05, 4.69) is 0 Å². The Morgan fingerprint density at radius 1 is 0.783 bits per heavy atom. The summed E-state index contributed by atoms with van der Waals surface area (Å²) < 4.78 is 31.4. The Labute approximate surface area is 147 Å². The van der Waals surface area contributed by atoms with E-state index in [-0.39, 0.29) is 19.8 Å². The summed E-state index contributed by atoms with van der Waals surface area (Å²) in [6, 6.07) is 0. The molecule has 0 aromatic carbocycles. The van der Waals surface area contributed by atoms with Crippen molar-refractivity contribution in [3.8, 4) is 0 Å². The van der Waals surface area contributed by atoms with Crippen molar-refractivity contribution >= 4 is 19.8 Å². The van der Waals surface area contributed by atoms with Crippen LogP contribution < -0.4 is 0 Å². The molecular formula is C12H25GaNO9-. The van der Waals surface area contributed by atoms with E-state index >= 15 is 0 Å². The summed E-state index contributed by atoms with van der Waals surface area (Å²) in [5, 5.41) is 14.8. The van der Waals surface area contributed by atoms with E-state index in [1.165, 1.54) is 0 Å². The van der Waals surface area contributed by atoms with E-state index in [0.29, 0.717) is 65.1 Å². The van der Waals surface area contributed by atoms with Crippen molar-refractivity contribution < 1.29 is 33.5 Å². The Kier molecular flexibility index (Phi) is 14.9. The van der Waals surface area contributed by atoms with Gasteiger partial charge in [-0.3, -0.25) is 0 Å². The average Bonchev–Trinajstić information content (AvgIpc) is 3.34. The summed E-state index contributed by atoms with van der Waals surface area (Å²) in [5.74, 6) is 0. The Balaban J connectivity index is 0.000000871. The molecule has 0 aromatic heterocycles. The second-order valence-corrected chi connectivity index (χ2v) is 4.51. The van der Waals surface area contributed by atoms with Crippen molar-refractivity contribution in [1.29, 1.82) is 0 Å². The van der Waals surface area contributed by atoms with Crippen LogP contribution in [0, 0.1) is 15.3 Å². The molecule has 0 amide bonds. The molecule has 0 aromatic rings. The van der Waals surface area contributed by atoms with Crippen LogP contribution in [-0.4, -0.2) is 103 Å². The zero-order valence-electron chi connectivity index (χ0n) is 12.3. The normalized spacial score (nSPS) is 20.9. The van der Waals surface area contributed by atoms with Gasteiger partial charge in [0.15, 0.2) is 0 Å². The molecule has 0 spiro atoms. The first-order chi connectivity index (χ1) is 10.7. The van der Waals surface area contributed by atoms with Crippen LogP contribution in [0.25, 0.3) is 0 Å². The van der Waals surface area contributed by atoms with E-state index in [1.54, 1.807) is 0 Å². The Morgan fingerprint density at radius 2 is 1.04 bits per heavy atom. The second kappa shape index (κ2) is 15.1. The van der Waals surface area contributed by atoms with Gasteiger partial charge in [-0.25, -0.2) is 0 Å². The molecule has 2 rings (SSSR count). The standard InChI is InChI=1S/C12H22O6.Ga.NO3.3H/c1(13-3-5-15-7-11-9-17-11)2-14-4-6-16-8-12-10-18-12;;2-1(3)4;;;/h11-12H,1-10H2;;;;;/q;;-1;;;. The first kappa shape index (κ1) is 22.6. The van der Waals surface area contributed by atoms with Gasteiger partial charge in [0.1, 0.15) is 12.2 Å². The summed E-state index contributed by atoms with van der Waals surface area (Å²) >= 11 is 0. The zero-order chi connectivity index (χ0) is 16.0. The second-order valence-electron chi connectivity index (χ2n) is 4.51. The van der Waals surface area contributed by atoms with Crippen molar-refractivity contribution in [2.75, 3.05) is 66.1 Å². The molecule has 2 aliphatic heterocycles. The minimum atomic E-state index is -1.75. The molecule has 10 nitrogen and oxygen atoms in total. The van der Waals surface area contributed by atoms with Gasteiger partial charge in [0.05, 0.1) is 71.2 Å². The molecule has 0 N–H and O–H groups in total. The van der Waals surface area contributed by atoms with Gasteiger partial charge < -0.3 is 43.7 Å². The fourth-order valence-corrected chi connectivity index (χ4v) is 1.32. The SMILES string of the molecule is C(COCCOCC1CO1)OCCOCC1CO1.O=[N+]([O-])[O-].[GaH3]. The summed E-state index contributed by atoms with van der Waals surface area (Å²) in [7, 11) is 0. The van der Waals surface area contributed by atoms with Crippen LogP contribution in [0.3, 0.4) is 0 Å². The third kappa shape index (κ3) is 19.6. The fraction of sp³-hybridized carbons (Fsp3) is 1.00. The number of hydrogen-bond donors (Lipinski definition) is 0. The number of nitrogens with zero attached hydrogens (tertiary/aromatic N) is 1. The Morgan fingerprint density at radius 3 is 1.30 bits per heavy atom. The number of epoxide rings is 2. The van der Waals surface area contributed by atoms with Crippen LogP contribution in [0.1, 0.15) is 0 Å². The van der Waals surface area contributed by atoms with Crippen LogP contribution in [0.4, 0.5) is 0 Å². The zero-order valence-corrected chi connectivity index (χ0v) is 12.3. The predicted molar refractivity (Wildman–Crippen MR) is 83.1 cm³/mol. The maximum atomic E-state index is 8.25. The van der Waals surface area contributed by atoms with E-state index in [0.717, 1.165) is 13.2 Å². The van der Waals surface area contributed by atoms with Crippen molar-refractivity contribution in [1.82, 2.24) is 0 Å². The monoisotopic (exact) mass is 396 g/mol. The molecule has 136 valence electrons. The summed E-state index contributed by atoms with van der Waals surface area (Å²) in [6.45, 7) is 6.66.